The van der Waals surface area contributed by atoms with Crippen molar-refractivity contribution in [3.63, 3.8) is 0 Å². The number of benzene rings is 1. The van der Waals surface area contributed by atoms with Gasteiger partial charge >= 0.3 is 0 Å². The van der Waals surface area contributed by atoms with Gasteiger partial charge in [0.1, 0.15) is 11.6 Å². The highest BCUT2D eigenvalue weighted by Gasteiger charge is 2.11. The van der Waals surface area contributed by atoms with Gasteiger partial charge in [0.2, 0.25) is 0 Å². The van der Waals surface area contributed by atoms with Gasteiger partial charge in [-0.05, 0) is 29.8 Å². The summed E-state index contributed by atoms with van der Waals surface area (Å²) >= 11 is 1.58. The third-order valence-electron chi connectivity index (χ3n) is 2.69. The number of aliphatic hydroxyl groups is 1. The third-order valence-corrected chi connectivity index (χ3v) is 3.70. The first kappa shape index (κ1) is 15.5. The van der Waals surface area contributed by atoms with E-state index in [1.165, 1.54) is 18.2 Å². The lowest BCUT2D eigenvalue weighted by atomic mass is 10.2. The molecule has 4 nitrogen and oxygen atoms in total. The Morgan fingerprint density at radius 2 is 2.14 bits per heavy atom. The summed E-state index contributed by atoms with van der Waals surface area (Å²) in [4.78, 5) is 16.0. The van der Waals surface area contributed by atoms with Gasteiger partial charge in [0.15, 0.2) is 0 Å². The van der Waals surface area contributed by atoms with E-state index < -0.39 is 11.7 Å². The van der Waals surface area contributed by atoms with E-state index in [0.717, 1.165) is 5.56 Å². The lowest BCUT2D eigenvalue weighted by Gasteiger charge is -2.07. The highest BCUT2D eigenvalue weighted by Crippen LogP contribution is 2.15. The Labute approximate surface area is 126 Å². The number of aliphatic hydroxyl groups excluding tert-OH is 1. The summed E-state index contributed by atoms with van der Waals surface area (Å²) in [5.41, 5.74) is 0.964. The number of halogens is 1. The van der Waals surface area contributed by atoms with Crippen LogP contribution in [0.2, 0.25) is 0 Å². The van der Waals surface area contributed by atoms with E-state index in [-0.39, 0.29) is 12.2 Å². The minimum Gasteiger partial charge on any atom is -0.396 e. The number of nitrogens with one attached hydrogen (secondary N) is 1. The van der Waals surface area contributed by atoms with Gasteiger partial charge in [-0.25, -0.2) is 9.37 Å². The minimum atomic E-state index is -0.565. The number of hydrogen-bond donors (Lipinski definition) is 2. The predicted molar refractivity (Wildman–Crippen MR) is 81.8 cm³/mol. The van der Waals surface area contributed by atoms with Crippen LogP contribution in [0.1, 0.15) is 15.9 Å². The molecule has 0 spiro atoms. The van der Waals surface area contributed by atoms with E-state index in [0.29, 0.717) is 17.3 Å². The van der Waals surface area contributed by atoms with Gasteiger partial charge in [-0.2, -0.15) is 11.8 Å². The summed E-state index contributed by atoms with van der Waals surface area (Å²) in [6, 6.07) is 9.37. The Bertz CT molecular complexity index is 622. The summed E-state index contributed by atoms with van der Waals surface area (Å²) in [5, 5.41) is 11.3. The van der Waals surface area contributed by atoms with Crippen molar-refractivity contribution in [3.05, 3.63) is 59.5 Å². The molecule has 0 bridgehead atoms. The van der Waals surface area contributed by atoms with Crippen molar-refractivity contribution in [1.82, 2.24) is 4.98 Å². The largest absolute Gasteiger partial charge is 0.396 e. The maximum absolute atomic E-state index is 13.5. The van der Waals surface area contributed by atoms with E-state index in [4.69, 9.17) is 5.11 Å². The van der Waals surface area contributed by atoms with Crippen LogP contribution < -0.4 is 5.32 Å². The molecule has 2 rings (SSSR count). The maximum atomic E-state index is 13.5. The number of hydrogen-bond acceptors (Lipinski definition) is 4. The number of anilines is 1. The molecule has 0 saturated carbocycles. The van der Waals surface area contributed by atoms with Crippen LogP contribution in [0.15, 0.2) is 42.6 Å². The van der Waals surface area contributed by atoms with Crippen molar-refractivity contribution in [2.75, 3.05) is 17.7 Å². The molecule has 2 N–H and O–H groups in total. The second kappa shape index (κ2) is 7.75. The average Bonchev–Trinajstić information content (AvgIpc) is 2.48. The van der Waals surface area contributed by atoms with E-state index in [2.05, 4.69) is 10.3 Å². The Kier molecular flexibility index (Phi) is 5.71. The minimum absolute atomic E-state index is 0.0145. The fourth-order valence-corrected chi connectivity index (χ4v) is 2.40. The number of nitrogens with zero attached hydrogens (tertiary/aromatic N) is 1. The number of carbonyl (C=O) groups is 1. The number of rotatable bonds is 6. The zero-order valence-electron chi connectivity index (χ0n) is 11.3. The molecule has 110 valence electrons. The summed E-state index contributed by atoms with van der Waals surface area (Å²) in [7, 11) is 0. The molecule has 0 saturated heterocycles. The maximum Gasteiger partial charge on any atom is 0.259 e. The first-order chi connectivity index (χ1) is 10.2. The normalized spacial score (nSPS) is 10.4. The summed E-state index contributed by atoms with van der Waals surface area (Å²) in [6.45, 7) is 0.132. The molecular weight excluding hydrogens is 291 g/mol. The lowest BCUT2D eigenvalue weighted by Crippen LogP contribution is -2.14. The van der Waals surface area contributed by atoms with Gasteiger partial charge in [-0.1, -0.05) is 12.1 Å². The Morgan fingerprint density at radius 3 is 2.90 bits per heavy atom. The topological polar surface area (TPSA) is 62.2 Å². The highest BCUT2D eigenvalue weighted by molar-refractivity contribution is 7.98. The molecule has 1 aromatic carbocycles. The van der Waals surface area contributed by atoms with E-state index >= 15 is 0 Å². The molecule has 6 heteroatoms. The second-order valence-electron chi connectivity index (χ2n) is 4.26. The van der Waals surface area contributed by atoms with Gasteiger partial charge < -0.3 is 10.4 Å². The fourth-order valence-electron chi connectivity index (χ4n) is 1.72. The molecule has 0 atom stereocenters. The monoisotopic (exact) mass is 306 g/mol. The van der Waals surface area contributed by atoms with E-state index in [9.17, 15) is 9.18 Å². The molecule has 1 aromatic heterocycles. The molecule has 1 heterocycles. The summed E-state index contributed by atoms with van der Waals surface area (Å²) < 4.78 is 13.5. The van der Waals surface area contributed by atoms with Crippen LogP contribution in [0.5, 0.6) is 0 Å². The molecule has 0 aliphatic heterocycles. The Hall–Kier alpha value is -1.92. The average molecular weight is 306 g/mol. The Morgan fingerprint density at radius 1 is 1.33 bits per heavy atom. The number of amides is 1. The van der Waals surface area contributed by atoms with Crippen LogP contribution in [-0.4, -0.2) is 28.4 Å². The van der Waals surface area contributed by atoms with Crippen molar-refractivity contribution in [3.8, 4) is 0 Å². The van der Waals surface area contributed by atoms with Crippen molar-refractivity contribution >= 4 is 23.5 Å². The first-order valence-electron chi connectivity index (χ1n) is 6.40. The zero-order chi connectivity index (χ0) is 15.1. The SMILES string of the molecule is O=C(Nc1cc(CSCCO)ccn1)c1ccccc1F. The van der Waals surface area contributed by atoms with Crippen molar-refractivity contribution in [2.24, 2.45) is 0 Å². The molecule has 1 amide bonds. The second-order valence-corrected chi connectivity index (χ2v) is 5.36. The fraction of sp³-hybridized carbons (Fsp3) is 0.200. The van der Waals surface area contributed by atoms with Crippen LogP contribution >= 0.6 is 11.8 Å². The zero-order valence-corrected chi connectivity index (χ0v) is 12.1. The quantitative estimate of drug-likeness (QED) is 0.806. The molecule has 21 heavy (non-hydrogen) atoms. The smallest absolute Gasteiger partial charge is 0.259 e. The first-order valence-corrected chi connectivity index (χ1v) is 7.55. The number of pyridine rings is 1. The van der Waals surface area contributed by atoms with Crippen LogP contribution in [0, 0.1) is 5.82 Å². The molecule has 0 aliphatic carbocycles. The van der Waals surface area contributed by atoms with Crippen LogP contribution in [0.25, 0.3) is 0 Å². The summed E-state index contributed by atoms with van der Waals surface area (Å²) in [5.74, 6) is 0.654. The summed E-state index contributed by atoms with van der Waals surface area (Å²) in [6.07, 6.45) is 1.59. The van der Waals surface area contributed by atoms with Crippen molar-refractivity contribution in [1.29, 1.82) is 0 Å². The molecule has 0 radical (unpaired) electrons. The molecule has 2 aromatic rings. The van der Waals surface area contributed by atoms with Crippen LogP contribution in [0.3, 0.4) is 0 Å². The molecular formula is C15H15FN2O2S. The molecule has 0 fully saturated rings. The number of aromatic nitrogens is 1. The van der Waals surface area contributed by atoms with Crippen LogP contribution in [0.4, 0.5) is 10.2 Å². The number of carbonyl (C=O) groups excluding carboxylic acids is 1. The van der Waals surface area contributed by atoms with Crippen LogP contribution in [-0.2, 0) is 5.75 Å². The van der Waals surface area contributed by atoms with Gasteiger partial charge in [0, 0.05) is 17.7 Å². The third kappa shape index (κ3) is 4.54. The van der Waals surface area contributed by atoms with E-state index in [1.54, 1.807) is 30.1 Å². The molecule has 0 aliphatic rings. The van der Waals surface area contributed by atoms with E-state index in [1.807, 2.05) is 6.07 Å². The van der Waals surface area contributed by atoms with Gasteiger partial charge in [0.05, 0.1) is 12.2 Å². The van der Waals surface area contributed by atoms with Crippen molar-refractivity contribution < 1.29 is 14.3 Å². The highest BCUT2D eigenvalue weighted by atomic mass is 32.2. The van der Waals surface area contributed by atoms with Gasteiger partial charge in [0.25, 0.3) is 5.91 Å². The predicted octanol–water partition coefficient (Wildman–Crippen LogP) is 2.70. The lowest BCUT2D eigenvalue weighted by molar-refractivity contribution is 0.102. The Balaban J connectivity index is 2.04. The van der Waals surface area contributed by atoms with Gasteiger partial charge in [-0.3, -0.25) is 4.79 Å². The molecule has 0 unspecified atom stereocenters. The van der Waals surface area contributed by atoms with Crippen molar-refractivity contribution in [2.45, 2.75) is 5.75 Å². The van der Waals surface area contributed by atoms with Gasteiger partial charge in [-0.15, -0.1) is 0 Å². The number of thioether (sulfide) groups is 1. The standard InChI is InChI=1S/C15H15FN2O2S/c16-13-4-2-1-3-12(13)15(20)18-14-9-11(5-6-17-14)10-21-8-7-19/h1-6,9,19H,7-8,10H2,(H,17,18,20).